The van der Waals surface area contributed by atoms with Crippen LogP contribution in [0.25, 0.3) is 0 Å². The van der Waals surface area contributed by atoms with Gasteiger partial charge in [0, 0.05) is 24.9 Å². The first kappa shape index (κ1) is 12.9. The minimum atomic E-state index is -0.480. The van der Waals surface area contributed by atoms with Crippen LogP contribution in [0, 0.1) is 0 Å². The van der Waals surface area contributed by atoms with Crippen LogP contribution in [-0.2, 0) is 11.2 Å². The van der Waals surface area contributed by atoms with Crippen LogP contribution in [0.15, 0.2) is 24.4 Å². The Morgan fingerprint density at radius 3 is 2.57 bits per heavy atom. The van der Waals surface area contributed by atoms with Gasteiger partial charge in [-0.05, 0) is 12.1 Å². The fourth-order valence-electron chi connectivity index (χ4n) is 0.661. The van der Waals surface area contributed by atoms with Crippen molar-refractivity contribution >= 4 is 17.5 Å². The molecule has 1 rings (SSSR count). The maximum atomic E-state index is 9.46. The van der Waals surface area contributed by atoms with Gasteiger partial charge in [0.15, 0.2) is 0 Å². The van der Waals surface area contributed by atoms with Crippen molar-refractivity contribution in [1.82, 2.24) is 4.98 Å². The van der Waals surface area contributed by atoms with E-state index in [1.165, 1.54) is 0 Å². The van der Waals surface area contributed by atoms with Crippen molar-refractivity contribution in [3.63, 3.8) is 0 Å². The average Bonchev–Trinajstić information content (AvgIpc) is 2.21. The number of alkyl halides is 1. The Morgan fingerprint density at radius 1 is 1.57 bits per heavy atom. The van der Waals surface area contributed by atoms with E-state index in [1.54, 1.807) is 6.20 Å². The third-order valence-electron chi connectivity index (χ3n) is 1.23. The summed E-state index contributed by atoms with van der Waals surface area (Å²) in [6.07, 6.45) is 2.38. The zero-order valence-corrected chi connectivity index (χ0v) is 8.44. The average molecular weight is 217 g/mol. The van der Waals surface area contributed by atoms with E-state index in [-0.39, 0.29) is 12.5 Å². The standard InChI is InChI=1S/C7H9NO.C2H4ClNO/c9-6-4-7-3-1-2-5-8-7;3-1-2(4)5/h1-3,5,9H,4,6H2;1H2,(H2,4,5). The summed E-state index contributed by atoms with van der Waals surface area (Å²) < 4.78 is 0. The molecule has 0 aromatic carbocycles. The molecule has 78 valence electrons. The van der Waals surface area contributed by atoms with Crippen LogP contribution in [0.1, 0.15) is 5.69 Å². The fraction of sp³-hybridized carbons (Fsp3) is 0.333. The van der Waals surface area contributed by atoms with Gasteiger partial charge in [0.05, 0.1) is 0 Å². The molecule has 0 aliphatic rings. The molecule has 0 spiro atoms. The smallest absolute Gasteiger partial charge is 0.232 e. The van der Waals surface area contributed by atoms with Gasteiger partial charge in [0.1, 0.15) is 5.88 Å². The third kappa shape index (κ3) is 7.52. The molecule has 0 bridgehead atoms. The molecular formula is C9H13ClN2O2. The molecule has 0 saturated heterocycles. The Morgan fingerprint density at radius 2 is 2.21 bits per heavy atom. The maximum absolute atomic E-state index is 9.46. The summed E-state index contributed by atoms with van der Waals surface area (Å²) in [7, 11) is 0. The Bertz CT molecular complexity index is 254. The monoisotopic (exact) mass is 216 g/mol. The molecule has 1 amide bonds. The Hall–Kier alpha value is -1.13. The van der Waals surface area contributed by atoms with E-state index in [2.05, 4.69) is 10.7 Å². The Kier molecular flexibility index (Phi) is 7.78. The summed E-state index contributed by atoms with van der Waals surface area (Å²) in [6.45, 7) is 0.178. The molecule has 3 N–H and O–H groups in total. The SMILES string of the molecule is NC(=O)CCl.OCCc1ccccn1. The number of amides is 1. The highest BCUT2D eigenvalue weighted by Crippen LogP contribution is 1.92. The molecule has 0 aliphatic heterocycles. The first-order valence-corrected chi connectivity index (χ1v) is 4.59. The summed E-state index contributed by atoms with van der Waals surface area (Å²) in [5, 5.41) is 8.48. The van der Waals surface area contributed by atoms with Crippen molar-refractivity contribution in [2.24, 2.45) is 5.73 Å². The van der Waals surface area contributed by atoms with Crippen molar-refractivity contribution < 1.29 is 9.90 Å². The van der Waals surface area contributed by atoms with Crippen LogP contribution in [-0.4, -0.2) is 28.5 Å². The van der Waals surface area contributed by atoms with Gasteiger partial charge in [-0.1, -0.05) is 6.07 Å². The quantitative estimate of drug-likeness (QED) is 0.715. The fourth-order valence-corrected chi connectivity index (χ4v) is 0.661. The highest BCUT2D eigenvalue weighted by molar-refractivity contribution is 6.27. The molecule has 1 aromatic rings. The maximum Gasteiger partial charge on any atom is 0.232 e. The van der Waals surface area contributed by atoms with Gasteiger partial charge in [-0.2, -0.15) is 0 Å². The summed E-state index contributed by atoms with van der Waals surface area (Å²) in [5.41, 5.74) is 5.47. The molecule has 1 heterocycles. The normalized spacial score (nSPS) is 8.71. The van der Waals surface area contributed by atoms with Gasteiger partial charge in [-0.15, -0.1) is 11.6 Å². The Balaban J connectivity index is 0.000000292. The molecule has 0 radical (unpaired) electrons. The number of aliphatic hydroxyl groups is 1. The number of aliphatic hydroxyl groups excluding tert-OH is 1. The molecule has 0 atom stereocenters. The van der Waals surface area contributed by atoms with Crippen LogP contribution >= 0.6 is 11.6 Å². The van der Waals surface area contributed by atoms with Gasteiger partial charge in [-0.25, -0.2) is 0 Å². The van der Waals surface area contributed by atoms with Crippen LogP contribution < -0.4 is 5.73 Å². The van der Waals surface area contributed by atoms with Crippen LogP contribution in [0.4, 0.5) is 0 Å². The second-order valence-electron chi connectivity index (χ2n) is 2.39. The molecule has 0 aliphatic carbocycles. The number of primary amides is 1. The van der Waals surface area contributed by atoms with E-state index in [9.17, 15) is 4.79 Å². The number of hydrogen-bond donors (Lipinski definition) is 2. The van der Waals surface area contributed by atoms with Crippen molar-refractivity contribution in [2.45, 2.75) is 6.42 Å². The molecule has 1 aromatic heterocycles. The summed E-state index contributed by atoms with van der Waals surface area (Å²) in [4.78, 5) is 13.5. The van der Waals surface area contributed by atoms with E-state index >= 15 is 0 Å². The number of nitrogens with two attached hydrogens (primary N) is 1. The van der Waals surface area contributed by atoms with Crippen molar-refractivity contribution in [3.05, 3.63) is 30.1 Å². The van der Waals surface area contributed by atoms with E-state index in [0.717, 1.165) is 5.69 Å². The van der Waals surface area contributed by atoms with E-state index in [4.69, 9.17) is 16.7 Å². The highest BCUT2D eigenvalue weighted by atomic mass is 35.5. The molecule has 0 fully saturated rings. The lowest BCUT2D eigenvalue weighted by Gasteiger charge is -1.92. The number of halogens is 1. The zero-order valence-electron chi connectivity index (χ0n) is 7.69. The van der Waals surface area contributed by atoms with E-state index < -0.39 is 5.91 Å². The Labute approximate surface area is 87.7 Å². The predicted octanol–water partition coefficient (Wildman–Crippen LogP) is 0.327. The van der Waals surface area contributed by atoms with Crippen LogP contribution in [0.3, 0.4) is 0 Å². The summed E-state index contributed by atoms with van der Waals surface area (Å²) >= 11 is 4.86. The largest absolute Gasteiger partial charge is 0.396 e. The molecule has 5 heteroatoms. The second-order valence-corrected chi connectivity index (χ2v) is 2.66. The minimum Gasteiger partial charge on any atom is -0.396 e. The lowest BCUT2D eigenvalue weighted by atomic mass is 10.3. The number of carbonyl (C=O) groups is 1. The number of nitrogens with zero attached hydrogens (tertiary/aromatic N) is 1. The number of aromatic nitrogens is 1. The highest BCUT2D eigenvalue weighted by Gasteiger charge is 1.87. The summed E-state index contributed by atoms with van der Waals surface area (Å²) in [5.74, 6) is -0.563. The topological polar surface area (TPSA) is 76.2 Å². The van der Waals surface area contributed by atoms with Crippen LogP contribution in [0.5, 0.6) is 0 Å². The van der Waals surface area contributed by atoms with Gasteiger partial charge < -0.3 is 10.8 Å². The third-order valence-corrected chi connectivity index (χ3v) is 1.49. The van der Waals surface area contributed by atoms with Gasteiger partial charge in [0.2, 0.25) is 5.91 Å². The molecule has 14 heavy (non-hydrogen) atoms. The predicted molar refractivity (Wildman–Crippen MR) is 54.9 cm³/mol. The van der Waals surface area contributed by atoms with Gasteiger partial charge in [0.25, 0.3) is 0 Å². The van der Waals surface area contributed by atoms with Crippen molar-refractivity contribution in [1.29, 1.82) is 0 Å². The molecular weight excluding hydrogens is 204 g/mol. The first-order chi connectivity index (χ1) is 6.70. The molecule has 4 nitrogen and oxygen atoms in total. The van der Waals surface area contributed by atoms with Crippen molar-refractivity contribution in [2.75, 3.05) is 12.5 Å². The molecule has 0 saturated carbocycles. The van der Waals surface area contributed by atoms with Crippen molar-refractivity contribution in [3.8, 4) is 0 Å². The zero-order chi connectivity index (χ0) is 10.8. The minimum absolute atomic E-state index is 0.0833. The first-order valence-electron chi connectivity index (χ1n) is 4.05. The lowest BCUT2D eigenvalue weighted by Crippen LogP contribution is -2.10. The lowest BCUT2D eigenvalue weighted by molar-refractivity contribution is -0.115. The second kappa shape index (κ2) is 8.47. The number of pyridine rings is 1. The van der Waals surface area contributed by atoms with E-state index in [0.29, 0.717) is 6.42 Å². The summed E-state index contributed by atoms with van der Waals surface area (Å²) in [6, 6.07) is 5.68. The number of hydrogen-bond acceptors (Lipinski definition) is 3. The van der Waals surface area contributed by atoms with Crippen LogP contribution in [0.2, 0.25) is 0 Å². The molecule has 0 unspecified atom stereocenters. The van der Waals surface area contributed by atoms with E-state index in [1.807, 2.05) is 18.2 Å². The van der Waals surface area contributed by atoms with Gasteiger partial charge >= 0.3 is 0 Å². The van der Waals surface area contributed by atoms with Gasteiger partial charge in [-0.3, -0.25) is 9.78 Å². The number of carbonyl (C=O) groups excluding carboxylic acids is 1. The number of rotatable bonds is 3.